The van der Waals surface area contributed by atoms with Gasteiger partial charge in [-0.3, -0.25) is 4.79 Å². The van der Waals surface area contributed by atoms with Crippen LogP contribution in [-0.4, -0.2) is 52.6 Å². The predicted octanol–water partition coefficient (Wildman–Crippen LogP) is 3.97. The second kappa shape index (κ2) is 12.4. The number of aromatic nitrogens is 3. The fraction of sp³-hybridized carbons (Fsp3) is 0.261. The van der Waals surface area contributed by atoms with Crippen molar-refractivity contribution in [3.63, 3.8) is 0 Å². The first-order valence-electron chi connectivity index (χ1n) is 10.5. The molecule has 0 aliphatic rings. The van der Waals surface area contributed by atoms with E-state index in [1.807, 2.05) is 6.92 Å². The normalized spacial score (nSPS) is 10.6. The molecule has 0 saturated heterocycles. The predicted molar refractivity (Wildman–Crippen MR) is 130 cm³/mol. The van der Waals surface area contributed by atoms with Gasteiger partial charge in [0.25, 0.3) is 0 Å². The smallest absolute Gasteiger partial charge is 0.337 e. The first kappa shape index (κ1) is 27.0. The number of hydrogen-bond acceptors (Lipinski definition) is 9. The van der Waals surface area contributed by atoms with E-state index in [9.17, 15) is 18.8 Å². The van der Waals surface area contributed by atoms with E-state index in [2.05, 4.69) is 15.5 Å². The zero-order chi connectivity index (χ0) is 26.2. The Morgan fingerprint density at radius 1 is 1.06 bits per heavy atom. The molecular weight excluding hydrogens is 515 g/mol. The van der Waals surface area contributed by atoms with Crippen molar-refractivity contribution in [2.75, 3.05) is 25.3 Å². The quantitative estimate of drug-likeness (QED) is 0.303. The molecule has 1 aromatic heterocycles. The Balaban J connectivity index is 1.65. The van der Waals surface area contributed by atoms with E-state index in [1.165, 1.54) is 50.6 Å². The van der Waals surface area contributed by atoms with Crippen LogP contribution in [0.3, 0.4) is 0 Å². The maximum atomic E-state index is 13.3. The molecule has 0 aliphatic carbocycles. The Labute approximate surface area is 215 Å². The lowest BCUT2D eigenvalue weighted by Gasteiger charge is -2.10. The van der Waals surface area contributed by atoms with Crippen molar-refractivity contribution < 1.29 is 33.0 Å². The lowest BCUT2D eigenvalue weighted by molar-refractivity contribution is -0.113. The molecule has 13 heteroatoms. The SMILES string of the molecule is CCn1c(COc2ccc(F)c(Cl)c2)nnc1SCC(=O)Nc1cc(C(=O)OC)cc(C(=O)OC)c1. The van der Waals surface area contributed by atoms with Gasteiger partial charge >= 0.3 is 11.9 Å². The number of methoxy groups -OCH3 is 2. The first-order chi connectivity index (χ1) is 17.2. The van der Waals surface area contributed by atoms with Crippen molar-refractivity contribution in [2.45, 2.75) is 25.2 Å². The minimum absolute atomic E-state index is 0.0252. The van der Waals surface area contributed by atoms with Crippen molar-refractivity contribution in [3.05, 3.63) is 64.2 Å². The van der Waals surface area contributed by atoms with Crippen LogP contribution in [0.5, 0.6) is 5.75 Å². The molecule has 0 aliphatic heterocycles. The molecule has 3 rings (SSSR count). The molecule has 0 radical (unpaired) electrons. The van der Waals surface area contributed by atoms with Gasteiger partial charge < -0.3 is 24.1 Å². The summed E-state index contributed by atoms with van der Waals surface area (Å²) in [5.41, 5.74) is 0.398. The molecule has 0 bridgehead atoms. The summed E-state index contributed by atoms with van der Waals surface area (Å²) in [6.45, 7) is 2.47. The Kier molecular flexibility index (Phi) is 9.25. The number of benzene rings is 2. The Hall–Kier alpha value is -3.64. The van der Waals surface area contributed by atoms with Crippen LogP contribution in [0.1, 0.15) is 33.5 Å². The van der Waals surface area contributed by atoms with Crippen molar-refractivity contribution >= 4 is 46.9 Å². The molecule has 10 nitrogen and oxygen atoms in total. The van der Waals surface area contributed by atoms with Gasteiger partial charge in [0.1, 0.15) is 18.2 Å². The van der Waals surface area contributed by atoms with Gasteiger partial charge in [0.05, 0.1) is 36.1 Å². The van der Waals surface area contributed by atoms with E-state index < -0.39 is 23.7 Å². The van der Waals surface area contributed by atoms with E-state index in [0.29, 0.717) is 23.3 Å². The maximum absolute atomic E-state index is 13.3. The van der Waals surface area contributed by atoms with E-state index >= 15 is 0 Å². The van der Waals surface area contributed by atoms with Crippen molar-refractivity contribution in [3.8, 4) is 5.75 Å². The Morgan fingerprint density at radius 2 is 1.72 bits per heavy atom. The van der Waals surface area contributed by atoms with Crippen molar-refractivity contribution in [1.29, 1.82) is 0 Å². The van der Waals surface area contributed by atoms with E-state index in [1.54, 1.807) is 4.57 Å². The van der Waals surface area contributed by atoms with Gasteiger partial charge in [-0.2, -0.15) is 0 Å². The molecule has 36 heavy (non-hydrogen) atoms. The number of thioether (sulfide) groups is 1. The van der Waals surface area contributed by atoms with Crippen molar-refractivity contribution in [2.24, 2.45) is 0 Å². The molecule has 0 fully saturated rings. The van der Waals surface area contributed by atoms with Gasteiger partial charge in [-0.15, -0.1) is 10.2 Å². The second-order valence-corrected chi connectivity index (χ2v) is 8.48. The van der Waals surface area contributed by atoms with Crippen LogP contribution >= 0.6 is 23.4 Å². The standard InChI is InChI=1S/C23H22ClFN4O6S/c1-4-29-19(11-35-16-5-6-18(25)17(24)10-16)27-28-23(29)36-12-20(30)26-15-8-13(21(31)33-2)7-14(9-15)22(32)34-3/h5-10H,4,11-12H2,1-3H3,(H,26,30). The maximum Gasteiger partial charge on any atom is 0.337 e. The number of carbonyl (C=O) groups is 3. The van der Waals surface area contributed by atoms with Crippen LogP contribution in [0.4, 0.5) is 10.1 Å². The minimum atomic E-state index is -0.667. The van der Waals surface area contributed by atoms with Gasteiger partial charge in [-0.05, 0) is 37.3 Å². The summed E-state index contributed by atoms with van der Waals surface area (Å²) < 4.78 is 30.1. The molecule has 1 amide bonds. The van der Waals surface area contributed by atoms with E-state index in [-0.39, 0.29) is 34.2 Å². The average Bonchev–Trinajstić information content (AvgIpc) is 3.28. The van der Waals surface area contributed by atoms with Crippen molar-refractivity contribution in [1.82, 2.24) is 14.8 Å². The zero-order valence-corrected chi connectivity index (χ0v) is 21.1. The number of carbonyl (C=O) groups excluding carboxylic acids is 3. The highest BCUT2D eigenvalue weighted by molar-refractivity contribution is 7.99. The number of nitrogens with one attached hydrogen (secondary N) is 1. The number of rotatable bonds is 10. The third-order valence-corrected chi connectivity index (χ3v) is 6.02. The third-order valence-electron chi connectivity index (χ3n) is 4.76. The van der Waals surface area contributed by atoms with E-state index in [4.69, 9.17) is 25.8 Å². The molecule has 3 aromatic rings. The van der Waals surface area contributed by atoms with Gasteiger partial charge in [0.2, 0.25) is 5.91 Å². The number of esters is 2. The lowest BCUT2D eigenvalue weighted by atomic mass is 10.1. The van der Waals surface area contributed by atoms with Crippen LogP contribution in [0, 0.1) is 5.82 Å². The number of halogens is 2. The summed E-state index contributed by atoms with van der Waals surface area (Å²) in [6.07, 6.45) is 0. The summed E-state index contributed by atoms with van der Waals surface area (Å²) in [4.78, 5) is 36.4. The zero-order valence-electron chi connectivity index (χ0n) is 19.5. The number of anilines is 1. The molecule has 0 unspecified atom stereocenters. The summed E-state index contributed by atoms with van der Waals surface area (Å²) in [5.74, 6) is -1.42. The number of ether oxygens (including phenoxy) is 3. The molecular formula is C23H22ClFN4O6S. The molecule has 0 saturated carbocycles. The van der Waals surface area contributed by atoms with Crippen LogP contribution in [0.25, 0.3) is 0 Å². The minimum Gasteiger partial charge on any atom is -0.486 e. The average molecular weight is 537 g/mol. The topological polar surface area (TPSA) is 122 Å². The van der Waals surface area contributed by atoms with Gasteiger partial charge in [0, 0.05) is 18.3 Å². The highest BCUT2D eigenvalue weighted by atomic mass is 35.5. The second-order valence-electron chi connectivity index (χ2n) is 7.13. The number of hydrogen-bond donors (Lipinski definition) is 1. The third kappa shape index (κ3) is 6.73. The lowest BCUT2D eigenvalue weighted by Crippen LogP contribution is -2.16. The van der Waals surface area contributed by atoms with Crippen LogP contribution in [0.2, 0.25) is 5.02 Å². The Morgan fingerprint density at radius 3 is 2.31 bits per heavy atom. The number of nitrogens with zero attached hydrogens (tertiary/aromatic N) is 3. The van der Waals surface area contributed by atoms with E-state index in [0.717, 1.165) is 11.8 Å². The van der Waals surface area contributed by atoms with Gasteiger partial charge in [0.15, 0.2) is 11.0 Å². The molecule has 1 N–H and O–H groups in total. The molecule has 1 heterocycles. The summed E-state index contributed by atoms with van der Waals surface area (Å²) in [5, 5.41) is 11.3. The van der Waals surface area contributed by atoms with Crippen LogP contribution in [0.15, 0.2) is 41.6 Å². The number of amides is 1. The molecule has 0 atom stereocenters. The first-order valence-corrected chi connectivity index (χ1v) is 11.9. The highest BCUT2D eigenvalue weighted by Gasteiger charge is 2.17. The van der Waals surface area contributed by atoms with Gasteiger partial charge in [-0.25, -0.2) is 14.0 Å². The largest absolute Gasteiger partial charge is 0.486 e. The molecule has 2 aromatic carbocycles. The summed E-state index contributed by atoms with van der Waals surface area (Å²) in [7, 11) is 2.42. The highest BCUT2D eigenvalue weighted by Crippen LogP contribution is 2.23. The fourth-order valence-electron chi connectivity index (χ4n) is 3.06. The van der Waals surface area contributed by atoms with Crippen LogP contribution < -0.4 is 10.1 Å². The summed E-state index contributed by atoms with van der Waals surface area (Å²) >= 11 is 6.92. The van der Waals surface area contributed by atoms with Gasteiger partial charge in [-0.1, -0.05) is 23.4 Å². The fourth-order valence-corrected chi connectivity index (χ4v) is 4.05. The Bertz CT molecular complexity index is 1250. The monoisotopic (exact) mass is 536 g/mol. The molecule has 190 valence electrons. The van der Waals surface area contributed by atoms with Crippen LogP contribution in [-0.2, 0) is 27.4 Å². The summed E-state index contributed by atoms with van der Waals surface area (Å²) in [6, 6.07) is 8.13. The molecule has 0 spiro atoms.